The molecule has 26 heavy (non-hydrogen) atoms. The van der Waals surface area contributed by atoms with Crippen LogP contribution in [0.1, 0.15) is 28.2 Å². The van der Waals surface area contributed by atoms with Crippen molar-refractivity contribution in [1.82, 2.24) is 9.88 Å². The normalized spacial score (nSPS) is 12.7. The molecule has 2 heterocycles. The lowest BCUT2D eigenvalue weighted by molar-refractivity contribution is 0.0747. The Labute approximate surface area is 160 Å². The standard InChI is InChI=1S/C17H17N3O3S3/c1-11(12-5-7-13(8-6-12)26(18,22)23)20(2)17(21)15-10-19-16(25-15)14-4-3-9-24-14/h3-11H,1-2H3,(H2,18,22,23). The van der Waals surface area contributed by atoms with E-state index in [0.717, 1.165) is 15.4 Å². The Morgan fingerprint density at radius 3 is 2.50 bits per heavy atom. The first kappa shape index (κ1) is 18.7. The predicted octanol–water partition coefficient (Wildman–Crippen LogP) is 3.35. The van der Waals surface area contributed by atoms with Gasteiger partial charge in [-0.1, -0.05) is 18.2 Å². The van der Waals surface area contributed by atoms with E-state index >= 15 is 0 Å². The molecule has 136 valence electrons. The smallest absolute Gasteiger partial charge is 0.265 e. The van der Waals surface area contributed by atoms with Gasteiger partial charge in [0.1, 0.15) is 9.88 Å². The van der Waals surface area contributed by atoms with Gasteiger partial charge in [-0.15, -0.1) is 22.7 Å². The monoisotopic (exact) mass is 407 g/mol. The summed E-state index contributed by atoms with van der Waals surface area (Å²) < 4.78 is 22.7. The molecule has 0 bridgehead atoms. The zero-order valence-electron chi connectivity index (χ0n) is 14.1. The average molecular weight is 408 g/mol. The second kappa shape index (κ2) is 7.28. The van der Waals surface area contributed by atoms with E-state index in [2.05, 4.69) is 4.98 Å². The van der Waals surface area contributed by atoms with Gasteiger partial charge in [0.2, 0.25) is 10.0 Å². The Bertz CT molecular complexity index is 1010. The van der Waals surface area contributed by atoms with Gasteiger partial charge in [0.15, 0.2) is 0 Å². The van der Waals surface area contributed by atoms with E-state index < -0.39 is 10.0 Å². The van der Waals surface area contributed by atoms with Crippen molar-refractivity contribution in [3.8, 4) is 9.88 Å². The number of hydrogen-bond donors (Lipinski definition) is 1. The number of carbonyl (C=O) groups excluding carboxylic acids is 1. The number of carbonyl (C=O) groups is 1. The zero-order valence-corrected chi connectivity index (χ0v) is 16.6. The molecule has 0 aliphatic rings. The summed E-state index contributed by atoms with van der Waals surface area (Å²) in [6.45, 7) is 1.88. The Kier molecular flexibility index (Phi) is 5.24. The molecule has 1 aromatic carbocycles. The number of benzene rings is 1. The number of aromatic nitrogens is 1. The van der Waals surface area contributed by atoms with Crippen molar-refractivity contribution in [3.05, 3.63) is 58.4 Å². The highest BCUT2D eigenvalue weighted by Gasteiger charge is 2.22. The van der Waals surface area contributed by atoms with Gasteiger partial charge >= 0.3 is 0 Å². The molecule has 1 atom stereocenters. The maximum absolute atomic E-state index is 12.8. The Hall–Kier alpha value is -2.07. The van der Waals surface area contributed by atoms with Gasteiger partial charge in [0, 0.05) is 7.05 Å². The second-order valence-electron chi connectivity index (χ2n) is 5.71. The Morgan fingerprint density at radius 2 is 1.92 bits per heavy atom. The summed E-state index contributed by atoms with van der Waals surface area (Å²) in [6.07, 6.45) is 1.59. The van der Waals surface area contributed by atoms with E-state index in [4.69, 9.17) is 5.14 Å². The molecule has 1 amide bonds. The average Bonchev–Trinajstić information content (AvgIpc) is 3.30. The number of nitrogens with two attached hydrogens (primary N) is 1. The summed E-state index contributed by atoms with van der Waals surface area (Å²) in [5, 5.41) is 7.90. The number of thiophene rings is 1. The lowest BCUT2D eigenvalue weighted by Gasteiger charge is -2.24. The van der Waals surface area contributed by atoms with E-state index in [1.165, 1.54) is 23.5 Å². The van der Waals surface area contributed by atoms with Crippen LogP contribution in [0.2, 0.25) is 0 Å². The molecule has 3 aromatic rings. The lowest BCUT2D eigenvalue weighted by atomic mass is 10.1. The molecule has 2 N–H and O–H groups in total. The first-order chi connectivity index (χ1) is 12.3. The van der Waals surface area contributed by atoms with Crippen molar-refractivity contribution >= 4 is 38.6 Å². The number of primary sulfonamides is 1. The highest BCUT2D eigenvalue weighted by atomic mass is 32.2. The van der Waals surface area contributed by atoms with Gasteiger partial charge < -0.3 is 4.90 Å². The summed E-state index contributed by atoms with van der Waals surface area (Å²) in [4.78, 5) is 20.3. The van der Waals surface area contributed by atoms with Crippen LogP contribution in [0, 0.1) is 0 Å². The number of amides is 1. The SMILES string of the molecule is CC(c1ccc(S(N)(=O)=O)cc1)N(C)C(=O)c1cnc(-c2cccs2)s1. The fraction of sp³-hybridized carbons (Fsp3) is 0.176. The number of nitrogens with zero attached hydrogens (tertiary/aromatic N) is 2. The molecule has 0 aliphatic carbocycles. The van der Waals surface area contributed by atoms with Crippen LogP contribution in [-0.2, 0) is 10.0 Å². The van der Waals surface area contributed by atoms with Crippen LogP contribution < -0.4 is 5.14 Å². The molecule has 3 rings (SSSR count). The van der Waals surface area contributed by atoms with Crippen molar-refractivity contribution < 1.29 is 13.2 Å². The minimum Gasteiger partial charge on any atom is -0.334 e. The second-order valence-corrected chi connectivity index (χ2v) is 9.25. The van der Waals surface area contributed by atoms with Crippen molar-refractivity contribution in [2.75, 3.05) is 7.05 Å². The molecule has 0 aliphatic heterocycles. The molecular formula is C17H17N3O3S3. The van der Waals surface area contributed by atoms with E-state index in [1.54, 1.807) is 41.6 Å². The third-order valence-corrected chi connectivity index (χ3v) is 6.99. The predicted molar refractivity (Wildman–Crippen MR) is 104 cm³/mol. The molecule has 9 heteroatoms. The van der Waals surface area contributed by atoms with Gasteiger partial charge in [-0.2, -0.15) is 0 Å². The number of rotatable bonds is 5. The minimum atomic E-state index is -3.73. The molecule has 0 spiro atoms. The van der Waals surface area contributed by atoms with Crippen LogP contribution in [0.5, 0.6) is 0 Å². The molecule has 0 saturated carbocycles. The number of sulfonamides is 1. The van der Waals surface area contributed by atoms with Crippen LogP contribution in [-0.4, -0.2) is 31.3 Å². The molecular weight excluding hydrogens is 390 g/mol. The molecule has 0 saturated heterocycles. The summed E-state index contributed by atoms with van der Waals surface area (Å²) >= 11 is 2.94. The van der Waals surface area contributed by atoms with Gasteiger partial charge in [-0.05, 0) is 36.1 Å². The molecule has 1 unspecified atom stereocenters. The van der Waals surface area contributed by atoms with E-state index in [1.807, 2.05) is 24.4 Å². The zero-order chi connectivity index (χ0) is 18.9. The number of thiazole rings is 1. The fourth-order valence-corrected chi connectivity index (χ4v) is 4.61. The van der Waals surface area contributed by atoms with Crippen LogP contribution in [0.15, 0.2) is 52.9 Å². The largest absolute Gasteiger partial charge is 0.334 e. The quantitative estimate of drug-likeness (QED) is 0.702. The molecule has 0 radical (unpaired) electrons. The van der Waals surface area contributed by atoms with Crippen LogP contribution in [0.4, 0.5) is 0 Å². The van der Waals surface area contributed by atoms with Gasteiger partial charge in [0.25, 0.3) is 5.91 Å². The van der Waals surface area contributed by atoms with Crippen molar-refractivity contribution in [2.45, 2.75) is 17.9 Å². The van der Waals surface area contributed by atoms with Crippen molar-refractivity contribution in [2.24, 2.45) is 5.14 Å². The third kappa shape index (κ3) is 3.85. The van der Waals surface area contributed by atoms with Gasteiger partial charge in [-0.3, -0.25) is 4.79 Å². The van der Waals surface area contributed by atoms with Crippen LogP contribution in [0.25, 0.3) is 9.88 Å². The Balaban J connectivity index is 1.77. The maximum atomic E-state index is 12.8. The number of hydrogen-bond acceptors (Lipinski definition) is 6. The fourth-order valence-electron chi connectivity index (χ4n) is 2.40. The summed E-state index contributed by atoms with van der Waals surface area (Å²) in [7, 11) is -2.02. The molecule has 0 fully saturated rings. The third-order valence-electron chi connectivity index (χ3n) is 4.04. The summed E-state index contributed by atoms with van der Waals surface area (Å²) in [5.41, 5.74) is 0.816. The Morgan fingerprint density at radius 1 is 1.23 bits per heavy atom. The minimum absolute atomic E-state index is 0.0467. The summed E-state index contributed by atoms with van der Waals surface area (Å²) in [5.74, 6) is -0.131. The molecule has 2 aromatic heterocycles. The van der Waals surface area contributed by atoms with Crippen LogP contribution >= 0.6 is 22.7 Å². The van der Waals surface area contributed by atoms with Gasteiger partial charge in [0.05, 0.1) is 22.0 Å². The lowest BCUT2D eigenvalue weighted by Crippen LogP contribution is -2.29. The first-order valence-electron chi connectivity index (χ1n) is 7.67. The van der Waals surface area contributed by atoms with Crippen molar-refractivity contribution in [3.63, 3.8) is 0 Å². The van der Waals surface area contributed by atoms with E-state index in [-0.39, 0.29) is 16.8 Å². The molecule has 6 nitrogen and oxygen atoms in total. The summed E-state index contributed by atoms with van der Waals surface area (Å²) in [6, 6.07) is 9.90. The van der Waals surface area contributed by atoms with Crippen LogP contribution in [0.3, 0.4) is 0 Å². The van der Waals surface area contributed by atoms with Crippen molar-refractivity contribution in [1.29, 1.82) is 0 Å². The highest BCUT2D eigenvalue weighted by molar-refractivity contribution is 7.89. The topological polar surface area (TPSA) is 93.4 Å². The van der Waals surface area contributed by atoms with E-state index in [9.17, 15) is 13.2 Å². The van der Waals surface area contributed by atoms with Gasteiger partial charge in [-0.25, -0.2) is 18.5 Å². The first-order valence-corrected chi connectivity index (χ1v) is 10.9. The maximum Gasteiger partial charge on any atom is 0.265 e. The highest BCUT2D eigenvalue weighted by Crippen LogP contribution is 2.30. The van der Waals surface area contributed by atoms with E-state index in [0.29, 0.717) is 4.88 Å².